The summed E-state index contributed by atoms with van der Waals surface area (Å²) in [7, 11) is 0. The molecule has 150 valence electrons. The highest BCUT2D eigenvalue weighted by Crippen LogP contribution is 2.41. The Labute approximate surface area is 177 Å². The summed E-state index contributed by atoms with van der Waals surface area (Å²) in [5, 5.41) is 0. The van der Waals surface area contributed by atoms with Crippen molar-refractivity contribution in [1.82, 2.24) is 4.90 Å². The molecule has 2 amide bonds. The van der Waals surface area contributed by atoms with Crippen molar-refractivity contribution in [3.05, 3.63) is 75.7 Å². The van der Waals surface area contributed by atoms with E-state index in [4.69, 9.17) is 0 Å². The van der Waals surface area contributed by atoms with E-state index in [0.29, 0.717) is 16.2 Å². The van der Waals surface area contributed by atoms with Crippen molar-refractivity contribution in [2.75, 3.05) is 0 Å². The lowest BCUT2D eigenvalue weighted by atomic mass is 9.94. The Balaban J connectivity index is 1.71. The Bertz CT molecular complexity index is 958. The zero-order chi connectivity index (χ0) is 20.4. The standard InChI is InChI=1S/C25H27NO2S/c1-17-13-14-21(18(2)15-17)22-23(29-16-19-9-5-3-6-10-19)25(28)26(24(22)27)20-11-7-4-8-12-20/h3,5-6,9-10,13-15,20H,4,7-8,11-12,16H2,1-2H3. The fourth-order valence-electron chi connectivity index (χ4n) is 4.39. The lowest BCUT2D eigenvalue weighted by Gasteiger charge is -2.30. The van der Waals surface area contributed by atoms with Crippen LogP contribution in [0.2, 0.25) is 0 Å². The van der Waals surface area contributed by atoms with Crippen LogP contribution in [-0.4, -0.2) is 22.8 Å². The van der Waals surface area contributed by atoms with Crippen molar-refractivity contribution in [1.29, 1.82) is 0 Å². The van der Waals surface area contributed by atoms with Crippen LogP contribution in [0.25, 0.3) is 5.57 Å². The molecule has 2 aromatic carbocycles. The number of aryl methyl sites for hydroxylation is 2. The Morgan fingerprint density at radius 2 is 1.66 bits per heavy atom. The fraction of sp³-hybridized carbons (Fsp3) is 0.360. The molecule has 4 rings (SSSR count). The Morgan fingerprint density at radius 1 is 0.931 bits per heavy atom. The van der Waals surface area contributed by atoms with Gasteiger partial charge in [0.2, 0.25) is 0 Å². The number of hydrogen-bond acceptors (Lipinski definition) is 3. The minimum Gasteiger partial charge on any atom is -0.271 e. The number of carbonyl (C=O) groups is 2. The third-order valence-electron chi connectivity index (χ3n) is 5.89. The van der Waals surface area contributed by atoms with Crippen LogP contribution in [0, 0.1) is 13.8 Å². The van der Waals surface area contributed by atoms with E-state index in [0.717, 1.165) is 47.9 Å². The topological polar surface area (TPSA) is 37.4 Å². The highest BCUT2D eigenvalue weighted by molar-refractivity contribution is 8.03. The van der Waals surface area contributed by atoms with Gasteiger partial charge in [0.05, 0.1) is 10.5 Å². The Morgan fingerprint density at radius 3 is 2.34 bits per heavy atom. The van der Waals surface area contributed by atoms with Crippen LogP contribution in [0.4, 0.5) is 0 Å². The SMILES string of the molecule is Cc1ccc(C2=C(SCc3ccccc3)C(=O)N(C3CCCCC3)C2=O)c(C)c1. The molecule has 2 aromatic rings. The lowest BCUT2D eigenvalue weighted by molar-refractivity contribution is -0.139. The molecule has 0 N–H and O–H groups in total. The summed E-state index contributed by atoms with van der Waals surface area (Å²) in [6.45, 7) is 4.07. The van der Waals surface area contributed by atoms with E-state index in [-0.39, 0.29) is 17.9 Å². The highest BCUT2D eigenvalue weighted by atomic mass is 32.2. The van der Waals surface area contributed by atoms with Gasteiger partial charge in [-0.2, -0.15) is 0 Å². The zero-order valence-corrected chi connectivity index (χ0v) is 17.9. The summed E-state index contributed by atoms with van der Waals surface area (Å²) in [4.78, 5) is 29.1. The molecule has 0 aromatic heterocycles. The molecule has 1 saturated carbocycles. The number of rotatable bonds is 5. The number of carbonyl (C=O) groups excluding carboxylic acids is 2. The number of hydrogen-bond donors (Lipinski definition) is 0. The molecule has 0 radical (unpaired) electrons. The van der Waals surface area contributed by atoms with Crippen molar-refractivity contribution >= 4 is 29.1 Å². The van der Waals surface area contributed by atoms with E-state index in [1.807, 2.05) is 44.2 Å². The van der Waals surface area contributed by atoms with Gasteiger partial charge in [0.15, 0.2) is 0 Å². The minimum atomic E-state index is -0.107. The quantitative estimate of drug-likeness (QED) is 0.603. The van der Waals surface area contributed by atoms with Gasteiger partial charge >= 0.3 is 0 Å². The zero-order valence-electron chi connectivity index (χ0n) is 17.1. The maximum absolute atomic E-state index is 13.5. The van der Waals surface area contributed by atoms with Gasteiger partial charge in [-0.1, -0.05) is 73.4 Å². The molecule has 0 saturated heterocycles. The summed E-state index contributed by atoms with van der Waals surface area (Å²) in [6.07, 6.45) is 5.22. The monoisotopic (exact) mass is 405 g/mol. The Hall–Kier alpha value is -2.33. The van der Waals surface area contributed by atoms with Gasteiger partial charge in [-0.15, -0.1) is 11.8 Å². The normalized spacial score (nSPS) is 18.1. The maximum Gasteiger partial charge on any atom is 0.268 e. The molecule has 2 aliphatic rings. The molecule has 0 spiro atoms. The molecule has 1 aliphatic heterocycles. The number of thioether (sulfide) groups is 1. The van der Waals surface area contributed by atoms with Crippen LogP contribution in [0.15, 0.2) is 53.4 Å². The predicted octanol–water partition coefficient (Wildman–Crippen LogP) is 5.65. The summed E-state index contributed by atoms with van der Waals surface area (Å²) >= 11 is 1.50. The van der Waals surface area contributed by atoms with Gasteiger partial charge in [0.1, 0.15) is 0 Å². The number of benzene rings is 2. The average Bonchev–Trinajstić information content (AvgIpc) is 2.97. The van der Waals surface area contributed by atoms with Crippen LogP contribution < -0.4 is 0 Å². The number of amides is 2. The van der Waals surface area contributed by atoms with Crippen LogP contribution in [0.3, 0.4) is 0 Å². The summed E-state index contributed by atoms with van der Waals surface area (Å²) in [5.74, 6) is 0.476. The molecule has 0 atom stereocenters. The van der Waals surface area contributed by atoms with Crippen LogP contribution in [0.5, 0.6) is 0 Å². The van der Waals surface area contributed by atoms with E-state index in [1.54, 1.807) is 4.90 Å². The van der Waals surface area contributed by atoms with Gasteiger partial charge in [-0.3, -0.25) is 14.5 Å². The van der Waals surface area contributed by atoms with Gasteiger partial charge in [-0.25, -0.2) is 0 Å². The van der Waals surface area contributed by atoms with Crippen molar-refractivity contribution in [3.8, 4) is 0 Å². The Kier molecular flexibility index (Phi) is 5.91. The van der Waals surface area contributed by atoms with E-state index in [9.17, 15) is 9.59 Å². The lowest BCUT2D eigenvalue weighted by Crippen LogP contribution is -2.42. The van der Waals surface area contributed by atoms with Crippen molar-refractivity contribution in [3.63, 3.8) is 0 Å². The first-order chi connectivity index (χ1) is 14.1. The second-order valence-electron chi connectivity index (χ2n) is 8.07. The molecule has 4 heteroatoms. The fourth-order valence-corrected chi connectivity index (χ4v) is 5.46. The maximum atomic E-state index is 13.5. The third kappa shape index (κ3) is 4.04. The highest BCUT2D eigenvalue weighted by Gasteiger charge is 2.43. The summed E-state index contributed by atoms with van der Waals surface area (Å²) in [5.41, 5.74) is 4.85. The molecule has 3 nitrogen and oxygen atoms in total. The molecule has 1 aliphatic carbocycles. The summed E-state index contributed by atoms with van der Waals surface area (Å²) < 4.78 is 0. The van der Waals surface area contributed by atoms with Gasteiger partial charge in [0, 0.05) is 11.8 Å². The van der Waals surface area contributed by atoms with Gasteiger partial charge in [0.25, 0.3) is 11.8 Å². The minimum absolute atomic E-state index is 0.0410. The molecule has 1 fully saturated rings. The van der Waals surface area contributed by atoms with Gasteiger partial charge < -0.3 is 0 Å². The number of imide groups is 1. The van der Waals surface area contributed by atoms with E-state index in [2.05, 4.69) is 18.2 Å². The van der Waals surface area contributed by atoms with Gasteiger partial charge in [-0.05, 0) is 43.4 Å². The molecule has 0 bridgehead atoms. The molecule has 29 heavy (non-hydrogen) atoms. The predicted molar refractivity (Wildman–Crippen MR) is 119 cm³/mol. The molecular formula is C25H27NO2S. The first-order valence-electron chi connectivity index (χ1n) is 10.4. The second-order valence-corrected chi connectivity index (χ2v) is 9.05. The van der Waals surface area contributed by atoms with E-state index < -0.39 is 0 Å². The summed E-state index contributed by atoms with van der Waals surface area (Å²) in [6, 6.07) is 16.3. The first kappa shape index (κ1) is 20.0. The van der Waals surface area contributed by atoms with Crippen LogP contribution in [-0.2, 0) is 15.3 Å². The van der Waals surface area contributed by atoms with E-state index in [1.165, 1.54) is 18.2 Å². The van der Waals surface area contributed by atoms with E-state index >= 15 is 0 Å². The second kappa shape index (κ2) is 8.58. The number of nitrogens with zero attached hydrogens (tertiary/aromatic N) is 1. The van der Waals surface area contributed by atoms with Crippen molar-refractivity contribution in [2.24, 2.45) is 0 Å². The van der Waals surface area contributed by atoms with Crippen molar-refractivity contribution < 1.29 is 9.59 Å². The smallest absolute Gasteiger partial charge is 0.268 e. The average molecular weight is 406 g/mol. The molecule has 0 unspecified atom stereocenters. The first-order valence-corrected chi connectivity index (χ1v) is 11.4. The van der Waals surface area contributed by atoms with Crippen LogP contribution >= 0.6 is 11.8 Å². The third-order valence-corrected chi connectivity index (χ3v) is 7.03. The molecular weight excluding hydrogens is 378 g/mol. The van der Waals surface area contributed by atoms with Crippen LogP contribution in [0.1, 0.15) is 54.4 Å². The largest absolute Gasteiger partial charge is 0.271 e. The molecule has 1 heterocycles. The van der Waals surface area contributed by atoms with Crippen molar-refractivity contribution in [2.45, 2.75) is 57.7 Å².